The van der Waals surface area contributed by atoms with E-state index in [4.69, 9.17) is 0 Å². The lowest BCUT2D eigenvalue weighted by molar-refractivity contribution is -0.851. The molecular weight excluding hydrogens is 162 g/mol. The maximum absolute atomic E-state index is 10.4. The topological polar surface area (TPSA) is 60.0 Å². The molecule has 0 radical (unpaired) electrons. The lowest BCUT2D eigenvalue weighted by Gasteiger charge is -1.92. The molecule has 0 fully saturated rings. The molecule has 0 heterocycles. The van der Waals surface area contributed by atoms with E-state index in [9.17, 15) is 8.42 Å². The molecular formula is C3H10NO3S2+. The molecule has 4 nitrogen and oxygen atoms in total. The second-order valence-corrected chi connectivity index (χ2v) is 4.16. The maximum Gasteiger partial charge on any atom is 0.153 e. The number of nitrogens with two attached hydrogens (primary N) is 1. The molecule has 0 saturated carbocycles. The molecule has 0 aromatic carbocycles. The SMILES string of the molecule is CS(=O)(=O)CC[NH2+]OS. The van der Waals surface area contributed by atoms with Crippen molar-refractivity contribution in [3.63, 3.8) is 0 Å². The summed E-state index contributed by atoms with van der Waals surface area (Å²) < 4.78 is 25.1. The summed E-state index contributed by atoms with van der Waals surface area (Å²) in [5.41, 5.74) is 1.34. The van der Waals surface area contributed by atoms with Gasteiger partial charge in [0.1, 0.15) is 12.3 Å². The highest BCUT2D eigenvalue weighted by molar-refractivity contribution is 7.90. The van der Waals surface area contributed by atoms with Gasteiger partial charge in [0.15, 0.2) is 9.84 Å². The van der Waals surface area contributed by atoms with E-state index < -0.39 is 9.84 Å². The molecule has 0 atom stereocenters. The lowest BCUT2D eigenvalue weighted by atomic mass is 10.8. The van der Waals surface area contributed by atoms with Crippen molar-refractivity contribution in [3.8, 4) is 0 Å². The van der Waals surface area contributed by atoms with E-state index in [1.54, 1.807) is 0 Å². The van der Waals surface area contributed by atoms with Gasteiger partial charge in [-0.2, -0.15) is 5.48 Å². The molecule has 9 heavy (non-hydrogen) atoms. The van der Waals surface area contributed by atoms with Gasteiger partial charge in [-0.15, -0.1) is 4.28 Å². The average Bonchev–Trinajstić information content (AvgIpc) is 1.63. The molecule has 0 bridgehead atoms. The van der Waals surface area contributed by atoms with E-state index in [-0.39, 0.29) is 5.75 Å². The highest BCUT2D eigenvalue weighted by Gasteiger charge is 2.01. The molecule has 6 heteroatoms. The number of hydroxylamine groups is 1. The molecule has 0 aliphatic carbocycles. The Morgan fingerprint density at radius 1 is 1.67 bits per heavy atom. The van der Waals surface area contributed by atoms with Gasteiger partial charge in [0.05, 0.1) is 0 Å². The summed E-state index contributed by atoms with van der Waals surface area (Å²) in [7, 11) is -2.84. The van der Waals surface area contributed by atoms with E-state index in [1.165, 1.54) is 11.7 Å². The number of quaternary nitrogens is 1. The minimum Gasteiger partial charge on any atom is -0.229 e. The first-order valence-electron chi connectivity index (χ1n) is 2.36. The maximum atomic E-state index is 10.4. The van der Waals surface area contributed by atoms with Crippen LogP contribution in [0.3, 0.4) is 0 Å². The fourth-order valence-electron chi connectivity index (χ4n) is 0.315. The van der Waals surface area contributed by atoms with Crippen LogP contribution >= 0.6 is 12.9 Å². The third-order valence-corrected chi connectivity index (χ3v) is 1.81. The summed E-state index contributed by atoms with van der Waals surface area (Å²) in [6.07, 6.45) is 1.18. The lowest BCUT2D eigenvalue weighted by Crippen LogP contribution is -2.82. The Morgan fingerprint density at radius 3 is 2.56 bits per heavy atom. The molecule has 0 saturated heterocycles. The van der Waals surface area contributed by atoms with Gasteiger partial charge < -0.3 is 0 Å². The quantitative estimate of drug-likeness (QED) is 0.232. The predicted octanol–water partition coefficient (Wildman–Crippen LogP) is -1.63. The molecule has 0 unspecified atom stereocenters. The zero-order chi connectivity index (χ0) is 7.33. The van der Waals surface area contributed by atoms with Crippen molar-refractivity contribution in [1.82, 2.24) is 0 Å². The van der Waals surface area contributed by atoms with Crippen LogP contribution in [0.15, 0.2) is 0 Å². The van der Waals surface area contributed by atoms with Gasteiger partial charge in [0.25, 0.3) is 0 Å². The molecule has 0 aromatic rings. The minimum absolute atomic E-state index is 0.119. The molecule has 0 spiro atoms. The van der Waals surface area contributed by atoms with Crippen LogP contribution in [-0.4, -0.2) is 27.0 Å². The average molecular weight is 172 g/mol. The zero-order valence-electron chi connectivity index (χ0n) is 5.07. The van der Waals surface area contributed by atoms with Crippen molar-refractivity contribution < 1.29 is 18.2 Å². The first-order chi connectivity index (χ1) is 4.06. The number of rotatable bonds is 4. The number of hydrogen-bond acceptors (Lipinski definition) is 4. The van der Waals surface area contributed by atoms with Crippen molar-refractivity contribution >= 4 is 22.7 Å². The Bertz CT molecular complexity index is 152. The first kappa shape index (κ1) is 9.22. The highest BCUT2D eigenvalue weighted by atomic mass is 32.2. The van der Waals surface area contributed by atoms with Gasteiger partial charge in [-0.1, -0.05) is 0 Å². The van der Waals surface area contributed by atoms with Crippen LogP contribution < -0.4 is 5.48 Å². The molecule has 0 rings (SSSR count). The van der Waals surface area contributed by atoms with Crippen LogP contribution in [-0.2, 0) is 14.1 Å². The number of sulfone groups is 1. The molecule has 0 amide bonds. The molecule has 0 aliphatic rings. The monoisotopic (exact) mass is 172 g/mol. The summed E-state index contributed by atoms with van der Waals surface area (Å²) in [5.74, 6) is 0.119. The highest BCUT2D eigenvalue weighted by Crippen LogP contribution is 1.75. The second kappa shape index (κ2) is 4.10. The van der Waals surface area contributed by atoms with Gasteiger partial charge in [0, 0.05) is 19.2 Å². The summed E-state index contributed by atoms with van der Waals surface area (Å²) >= 11 is 3.40. The Balaban J connectivity index is 3.30. The van der Waals surface area contributed by atoms with Crippen LogP contribution in [0.2, 0.25) is 0 Å². The van der Waals surface area contributed by atoms with Crippen LogP contribution in [0, 0.1) is 0 Å². The summed E-state index contributed by atoms with van der Waals surface area (Å²) in [5, 5.41) is 0. The van der Waals surface area contributed by atoms with E-state index in [0.29, 0.717) is 6.54 Å². The molecule has 0 aromatic heterocycles. The Labute approximate surface area is 60.1 Å². The van der Waals surface area contributed by atoms with Crippen LogP contribution in [0.4, 0.5) is 0 Å². The predicted molar refractivity (Wildman–Crippen MR) is 36.6 cm³/mol. The normalized spacial score (nSPS) is 11.8. The fourth-order valence-corrected chi connectivity index (χ4v) is 0.945. The smallest absolute Gasteiger partial charge is 0.153 e. The van der Waals surface area contributed by atoms with Crippen molar-refractivity contribution in [2.24, 2.45) is 0 Å². The Kier molecular flexibility index (Phi) is 4.20. The van der Waals surface area contributed by atoms with Crippen LogP contribution in [0.1, 0.15) is 0 Å². The van der Waals surface area contributed by atoms with Crippen molar-refractivity contribution in [2.75, 3.05) is 18.6 Å². The Hall–Kier alpha value is 0.220. The van der Waals surface area contributed by atoms with Crippen molar-refractivity contribution in [3.05, 3.63) is 0 Å². The van der Waals surface area contributed by atoms with Crippen LogP contribution in [0.25, 0.3) is 0 Å². The third kappa shape index (κ3) is 8.22. The summed E-state index contributed by atoms with van der Waals surface area (Å²) in [6, 6.07) is 0. The minimum atomic E-state index is -2.84. The van der Waals surface area contributed by atoms with Gasteiger partial charge in [-0.3, -0.25) is 0 Å². The van der Waals surface area contributed by atoms with E-state index in [1.807, 2.05) is 0 Å². The largest absolute Gasteiger partial charge is 0.229 e. The standard InChI is InChI=1S/C3H9NO3S2/c1-9(5,6)3-2-4-7-8/h4,8H,2-3H2,1H3/p+1. The van der Waals surface area contributed by atoms with Crippen molar-refractivity contribution in [1.29, 1.82) is 0 Å². The third-order valence-electron chi connectivity index (χ3n) is 0.681. The zero-order valence-corrected chi connectivity index (χ0v) is 6.78. The van der Waals surface area contributed by atoms with E-state index in [2.05, 4.69) is 17.2 Å². The van der Waals surface area contributed by atoms with Crippen LogP contribution in [0.5, 0.6) is 0 Å². The van der Waals surface area contributed by atoms with Gasteiger partial charge in [-0.05, 0) is 0 Å². The van der Waals surface area contributed by atoms with E-state index in [0.717, 1.165) is 0 Å². The summed E-state index contributed by atoms with van der Waals surface area (Å²) in [4.78, 5) is 0. The first-order valence-corrected chi connectivity index (χ1v) is 4.78. The van der Waals surface area contributed by atoms with Crippen molar-refractivity contribution in [2.45, 2.75) is 0 Å². The fraction of sp³-hybridized carbons (Fsp3) is 1.00. The van der Waals surface area contributed by atoms with Gasteiger partial charge >= 0.3 is 0 Å². The Morgan fingerprint density at radius 2 is 2.22 bits per heavy atom. The second-order valence-electron chi connectivity index (χ2n) is 1.69. The number of thiol groups is 1. The molecule has 0 aliphatic heterocycles. The molecule has 56 valence electrons. The number of hydrogen-bond donors (Lipinski definition) is 2. The summed E-state index contributed by atoms with van der Waals surface area (Å²) in [6.45, 7) is 0.391. The molecule has 2 N–H and O–H groups in total. The van der Waals surface area contributed by atoms with E-state index >= 15 is 0 Å². The van der Waals surface area contributed by atoms with Gasteiger partial charge in [-0.25, -0.2) is 8.42 Å². The van der Waals surface area contributed by atoms with Gasteiger partial charge in [0.2, 0.25) is 0 Å².